The van der Waals surface area contributed by atoms with Gasteiger partial charge in [0.1, 0.15) is 4.90 Å². The lowest BCUT2D eigenvalue weighted by atomic mass is 10.3. The number of nitrogen functional groups attached to an aromatic ring is 1. The van der Waals surface area contributed by atoms with Crippen molar-refractivity contribution in [2.45, 2.75) is 24.8 Å². The fourth-order valence-corrected chi connectivity index (χ4v) is 3.96. The highest BCUT2D eigenvalue weighted by atomic mass is 35.5. The van der Waals surface area contributed by atoms with E-state index in [2.05, 4.69) is 29.2 Å². The van der Waals surface area contributed by atoms with Crippen molar-refractivity contribution in [1.82, 2.24) is 14.2 Å². The van der Waals surface area contributed by atoms with Crippen molar-refractivity contribution >= 4 is 27.4 Å². The molecule has 1 aromatic rings. The predicted octanol–water partition coefficient (Wildman–Crippen LogP) is 0.735. The van der Waals surface area contributed by atoms with Crippen molar-refractivity contribution < 1.29 is 8.42 Å². The molecular formula is C12H20ClN5O2S. The summed E-state index contributed by atoms with van der Waals surface area (Å²) in [6.45, 7) is 6.59. The van der Waals surface area contributed by atoms with Crippen molar-refractivity contribution in [1.29, 1.82) is 0 Å². The first-order valence-electron chi connectivity index (χ1n) is 6.72. The summed E-state index contributed by atoms with van der Waals surface area (Å²) < 4.78 is 26.6. The van der Waals surface area contributed by atoms with Crippen LogP contribution in [0.3, 0.4) is 0 Å². The maximum absolute atomic E-state index is 12.6. The molecule has 1 aromatic heterocycles. The Bertz CT molecular complexity index is 600. The van der Waals surface area contributed by atoms with Crippen molar-refractivity contribution in [2.75, 3.05) is 31.6 Å². The van der Waals surface area contributed by atoms with E-state index in [9.17, 15) is 8.42 Å². The molecule has 1 aliphatic rings. The van der Waals surface area contributed by atoms with Crippen LogP contribution in [0.2, 0.25) is 5.02 Å². The number of halogens is 1. The number of nitrogens with zero attached hydrogens (tertiary/aromatic N) is 3. The third-order valence-electron chi connectivity index (χ3n) is 3.59. The third kappa shape index (κ3) is 3.46. The Morgan fingerprint density at radius 1 is 1.33 bits per heavy atom. The average molecular weight is 334 g/mol. The topological polar surface area (TPSA) is 91.6 Å². The number of hydrogen-bond donors (Lipinski definition) is 2. The smallest absolute Gasteiger partial charge is 0.244 e. The van der Waals surface area contributed by atoms with Crippen LogP contribution in [-0.2, 0) is 10.0 Å². The van der Waals surface area contributed by atoms with Gasteiger partial charge in [-0.15, -0.1) is 0 Å². The van der Waals surface area contributed by atoms with Gasteiger partial charge in [0.25, 0.3) is 0 Å². The van der Waals surface area contributed by atoms with Gasteiger partial charge >= 0.3 is 0 Å². The zero-order chi connectivity index (χ0) is 15.6. The van der Waals surface area contributed by atoms with Crippen LogP contribution >= 0.6 is 11.6 Å². The van der Waals surface area contributed by atoms with Gasteiger partial charge in [-0.2, -0.15) is 4.31 Å². The molecule has 0 saturated carbocycles. The standard InChI is InChI=1S/C12H20ClN5O2S/c1-9(2)17-3-5-18(6-4-17)21(19,20)10-7-11(13)12(16-14)15-8-10/h7-9H,3-6,14H2,1-2H3,(H,15,16). The summed E-state index contributed by atoms with van der Waals surface area (Å²) in [5, 5.41) is 0.180. The van der Waals surface area contributed by atoms with Crippen LogP contribution in [0.25, 0.3) is 0 Å². The summed E-state index contributed by atoms with van der Waals surface area (Å²) >= 11 is 5.94. The van der Waals surface area contributed by atoms with E-state index in [-0.39, 0.29) is 15.7 Å². The van der Waals surface area contributed by atoms with Gasteiger partial charge in [0, 0.05) is 38.4 Å². The molecule has 2 heterocycles. The van der Waals surface area contributed by atoms with Crippen molar-refractivity contribution in [3.8, 4) is 0 Å². The van der Waals surface area contributed by atoms with Crippen molar-refractivity contribution in [3.05, 3.63) is 17.3 Å². The van der Waals surface area contributed by atoms with Gasteiger partial charge in [0.15, 0.2) is 5.82 Å². The largest absolute Gasteiger partial charge is 0.307 e. The molecular weight excluding hydrogens is 314 g/mol. The van der Waals surface area contributed by atoms with Crippen LogP contribution in [-0.4, -0.2) is 54.8 Å². The quantitative estimate of drug-likeness (QED) is 0.623. The maximum Gasteiger partial charge on any atom is 0.244 e. The molecule has 1 saturated heterocycles. The Morgan fingerprint density at radius 2 is 1.95 bits per heavy atom. The van der Waals surface area contributed by atoms with Gasteiger partial charge in [-0.05, 0) is 19.9 Å². The molecule has 0 amide bonds. The fourth-order valence-electron chi connectivity index (χ4n) is 2.28. The number of hydrazine groups is 1. The predicted molar refractivity (Wildman–Crippen MR) is 82.5 cm³/mol. The zero-order valence-corrected chi connectivity index (χ0v) is 13.7. The summed E-state index contributed by atoms with van der Waals surface area (Å²) in [6, 6.07) is 1.79. The van der Waals surface area contributed by atoms with E-state index in [1.807, 2.05) is 0 Å². The van der Waals surface area contributed by atoms with E-state index in [0.29, 0.717) is 19.1 Å². The Labute approximate surface area is 130 Å². The fraction of sp³-hybridized carbons (Fsp3) is 0.583. The summed E-state index contributed by atoms with van der Waals surface area (Å²) in [6.07, 6.45) is 1.27. The number of anilines is 1. The summed E-state index contributed by atoms with van der Waals surface area (Å²) in [7, 11) is -3.57. The van der Waals surface area contributed by atoms with Crippen LogP contribution in [0.15, 0.2) is 17.2 Å². The van der Waals surface area contributed by atoms with E-state index < -0.39 is 10.0 Å². The second-order valence-electron chi connectivity index (χ2n) is 5.18. The summed E-state index contributed by atoms with van der Waals surface area (Å²) in [5.41, 5.74) is 2.31. The second-order valence-corrected chi connectivity index (χ2v) is 7.52. The van der Waals surface area contributed by atoms with Crippen LogP contribution in [0.1, 0.15) is 13.8 Å². The molecule has 3 N–H and O–H groups in total. The first kappa shape index (κ1) is 16.4. The number of nitrogens with one attached hydrogen (secondary N) is 1. The normalized spacial score (nSPS) is 18.1. The molecule has 118 valence electrons. The molecule has 0 aromatic carbocycles. The minimum Gasteiger partial charge on any atom is -0.307 e. The summed E-state index contributed by atoms with van der Waals surface area (Å²) in [4.78, 5) is 6.25. The molecule has 9 heteroatoms. The number of aromatic nitrogens is 1. The minimum atomic E-state index is -3.57. The maximum atomic E-state index is 12.6. The van der Waals surface area contributed by atoms with E-state index in [1.165, 1.54) is 16.6 Å². The number of piperazine rings is 1. The third-order valence-corrected chi connectivity index (χ3v) is 5.75. The number of rotatable bonds is 4. The molecule has 21 heavy (non-hydrogen) atoms. The SMILES string of the molecule is CC(C)N1CCN(S(=O)(=O)c2cnc(NN)c(Cl)c2)CC1. The van der Waals surface area contributed by atoms with E-state index in [0.717, 1.165) is 13.1 Å². The molecule has 0 aliphatic carbocycles. The van der Waals surface area contributed by atoms with Crippen LogP contribution in [0.5, 0.6) is 0 Å². The van der Waals surface area contributed by atoms with Gasteiger partial charge in [0.05, 0.1) is 5.02 Å². The molecule has 0 bridgehead atoms. The molecule has 7 nitrogen and oxygen atoms in total. The lowest BCUT2D eigenvalue weighted by molar-refractivity contribution is 0.154. The Balaban J connectivity index is 2.17. The number of nitrogens with two attached hydrogens (primary N) is 1. The Morgan fingerprint density at radius 3 is 2.43 bits per heavy atom. The summed E-state index contributed by atoms with van der Waals surface area (Å²) in [5.74, 6) is 5.48. The van der Waals surface area contributed by atoms with Crippen LogP contribution in [0, 0.1) is 0 Å². The Hall–Kier alpha value is -0.930. The molecule has 0 radical (unpaired) electrons. The number of pyridine rings is 1. The van der Waals surface area contributed by atoms with Gasteiger partial charge in [-0.3, -0.25) is 4.90 Å². The molecule has 0 unspecified atom stereocenters. The van der Waals surface area contributed by atoms with E-state index in [4.69, 9.17) is 17.4 Å². The van der Waals surface area contributed by atoms with Gasteiger partial charge in [0.2, 0.25) is 10.0 Å². The van der Waals surface area contributed by atoms with E-state index in [1.54, 1.807) is 0 Å². The first-order valence-corrected chi connectivity index (χ1v) is 8.54. The number of sulfonamides is 1. The highest BCUT2D eigenvalue weighted by Crippen LogP contribution is 2.24. The molecule has 1 fully saturated rings. The zero-order valence-electron chi connectivity index (χ0n) is 12.1. The first-order chi connectivity index (χ1) is 9.86. The highest BCUT2D eigenvalue weighted by Gasteiger charge is 2.29. The highest BCUT2D eigenvalue weighted by molar-refractivity contribution is 7.89. The second kappa shape index (κ2) is 6.45. The molecule has 2 rings (SSSR count). The van der Waals surface area contributed by atoms with Crippen LogP contribution < -0.4 is 11.3 Å². The van der Waals surface area contributed by atoms with Crippen LogP contribution in [0.4, 0.5) is 5.82 Å². The van der Waals surface area contributed by atoms with Gasteiger partial charge < -0.3 is 5.43 Å². The van der Waals surface area contributed by atoms with E-state index >= 15 is 0 Å². The number of hydrogen-bond acceptors (Lipinski definition) is 6. The molecule has 0 spiro atoms. The van der Waals surface area contributed by atoms with Crippen molar-refractivity contribution in [2.24, 2.45) is 5.84 Å². The lowest BCUT2D eigenvalue weighted by Gasteiger charge is -2.36. The Kier molecular flexibility index (Phi) is 5.05. The minimum absolute atomic E-state index is 0.0875. The van der Waals surface area contributed by atoms with Gasteiger partial charge in [-0.25, -0.2) is 19.2 Å². The lowest BCUT2D eigenvalue weighted by Crippen LogP contribution is -2.50. The van der Waals surface area contributed by atoms with Crippen molar-refractivity contribution in [3.63, 3.8) is 0 Å². The van der Waals surface area contributed by atoms with Gasteiger partial charge in [-0.1, -0.05) is 11.6 Å². The average Bonchev–Trinajstić information content (AvgIpc) is 2.47. The molecule has 1 aliphatic heterocycles. The monoisotopic (exact) mass is 333 g/mol. The molecule has 0 atom stereocenters.